The first-order valence-electron chi connectivity index (χ1n) is 8.83. The third-order valence-corrected chi connectivity index (χ3v) is 4.38. The van der Waals surface area contributed by atoms with E-state index in [0.29, 0.717) is 23.2 Å². The average molecular weight is 423 g/mol. The number of benzene rings is 1. The van der Waals surface area contributed by atoms with Crippen LogP contribution in [-0.2, 0) is 16.1 Å². The number of nitrogens with two attached hydrogens (primary N) is 1. The van der Waals surface area contributed by atoms with Crippen molar-refractivity contribution in [3.8, 4) is 11.5 Å². The Hall–Kier alpha value is -2.95. The number of carbonyl (C=O) groups excluding carboxylic acids is 2. The fourth-order valence-corrected chi connectivity index (χ4v) is 2.91. The van der Waals surface area contributed by atoms with E-state index in [1.54, 1.807) is 10.7 Å². The lowest BCUT2D eigenvalue weighted by molar-refractivity contribution is -0.124. The minimum absolute atomic E-state index is 0.105. The second-order valence-corrected chi connectivity index (χ2v) is 8.09. The molecule has 0 fully saturated rings. The van der Waals surface area contributed by atoms with Gasteiger partial charge in [0, 0.05) is 5.54 Å². The van der Waals surface area contributed by atoms with Crippen molar-refractivity contribution in [1.82, 2.24) is 20.2 Å². The van der Waals surface area contributed by atoms with Gasteiger partial charge in [-0.2, -0.15) is 0 Å². The number of methoxy groups -OCH3 is 1. The molecule has 11 heteroatoms. The van der Waals surface area contributed by atoms with E-state index in [2.05, 4.69) is 20.9 Å². The van der Waals surface area contributed by atoms with Gasteiger partial charge in [-0.25, -0.2) is 4.68 Å². The Balaban J connectivity index is 1.96. The Morgan fingerprint density at radius 2 is 2.03 bits per heavy atom. The Labute approximate surface area is 173 Å². The van der Waals surface area contributed by atoms with Crippen molar-refractivity contribution >= 4 is 23.6 Å². The van der Waals surface area contributed by atoms with Crippen LogP contribution in [-0.4, -0.2) is 51.7 Å². The Morgan fingerprint density at radius 3 is 2.69 bits per heavy atom. The summed E-state index contributed by atoms with van der Waals surface area (Å²) in [6.07, 6.45) is 1.51. The zero-order chi connectivity index (χ0) is 21.4. The van der Waals surface area contributed by atoms with Gasteiger partial charge in [0.25, 0.3) is 5.91 Å². The van der Waals surface area contributed by atoms with Crippen LogP contribution in [0.2, 0.25) is 0 Å². The largest absolute Gasteiger partial charge is 0.493 e. The molecule has 0 spiro atoms. The first-order valence-corrected chi connectivity index (χ1v) is 9.82. The fraction of sp³-hybridized carbons (Fsp3) is 0.444. The van der Waals surface area contributed by atoms with E-state index in [1.165, 1.54) is 25.2 Å². The highest BCUT2D eigenvalue weighted by molar-refractivity contribution is 7.99. The van der Waals surface area contributed by atoms with Crippen molar-refractivity contribution in [3.63, 3.8) is 0 Å². The molecule has 2 rings (SSSR count). The van der Waals surface area contributed by atoms with Crippen molar-refractivity contribution in [2.45, 2.75) is 38.0 Å². The highest BCUT2D eigenvalue weighted by atomic mass is 32.2. The number of hydrogen-bond acceptors (Lipinski definition) is 8. The van der Waals surface area contributed by atoms with Crippen molar-refractivity contribution in [2.75, 3.05) is 24.9 Å². The smallest absolute Gasteiger partial charge is 0.258 e. The number of hydrogen-bond donors (Lipinski definition) is 3. The van der Waals surface area contributed by atoms with E-state index >= 15 is 0 Å². The number of aromatic nitrogens is 3. The number of amides is 2. The highest BCUT2D eigenvalue weighted by Gasteiger charge is 2.15. The Kier molecular flexibility index (Phi) is 7.71. The molecule has 0 saturated carbocycles. The molecule has 0 aliphatic carbocycles. The van der Waals surface area contributed by atoms with Crippen molar-refractivity contribution < 1.29 is 19.1 Å². The standard InChI is InChI=1S/C18H26N6O4S/c1-18(2,3)22-16(26)9-28-13-6-5-12(7-14(13)27-4)8-21-24-11-20-23-17(24)29-10-15(19)25/h5-7,11,21H,8-10H2,1-4H3,(H2,19,25)(H,22,26). The monoisotopic (exact) mass is 422 g/mol. The van der Waals surface area contributed by atoms with Gasteiger partial charge in [-0.1, -0.05) is 17.8 Å². The maximum Gasteiger partial charge on any atom is 0.258 e. The summed E-state index contributed by atoms with van der Waals surface area (Å²) in [6, 6.07) is 5.41. The number of rotatable bonds is 10. The van der Waals surface area contributed by atoms with Crippen LogP contribution in [0.1, 0.15) is 26.3 Å². The summed E-state index contributed by atoms with van der Waals surface area (Å²) in [5, 5.41) is 11.1. The van der Waals surface area contributed by atoms with E-state index in [1.807, 2.05) is 32.9 Å². The number of nitrogens with zero attached hydrogens (tertiary/aromatic N) is 3. The summed E-state index contributed by atoms with van der Waals surface area (Å²) in [4.78, 5) is 22.9. The lowest BCUT2D eigenvalue weighted by atomic mass is 10.1. The van der Waals surface area contributed by atoms with Gasteiger partial charge in [-0.3, -0.25) is 9.59 Å². The molecule has 1 heterocycles. The molecule has 0 radical (unpaired) electrons. The molecule has 0 unspecified atom stereocenters. The van der Waals surface area contributed by atoms with Crippen molar-refractivity contribution in [3.05, 3.63) is 30.1 Å². The quantitative estimate of drug-likeness (QED) is 0.481. The summed E-state index contributed by atoms with van der Waals surface area (Å²) >= 11 is 1.19. The summed E-state index contributed by atoms with van der Waals surface area (Å²) < 4.78 is 12.6. The molecule has 10 nitrogen and oxygen atoms in total. The third-order valence-electron chi connectivity index (χ3n) is 3.41. The maximum absolute atomic E-state index is 11.9. The molecule has 158 valence electrons. The SMILES string of the molecule is COc1cc(CNn2cnnc2SCC(N)=O)ccc1OCC(=O)NC(C)(C)C. The van der Waals surface area contributed by atoms with Gasteiger partial charge < -0.3 is 25.9 Å². The topological polar surface area (TPSA) is 133 Å². The predicted octanol–water partition coefficient (Wildman–Crippen LogP) is 0.901. The van der Waals surface area contributed by atoms with E-state index in [0.717, 1.165) is 5.56 Å². The predicted molar refractivity (Wildman–Crippen MR) is 109 cm³/mol. The molecular formula is C18H26N6O4S. The molecule has 0 aliphatic heterocycles. The molecule has 1 aromatic heterocycles. The molecule has 0 bridgehead atoms. The zero-order valence-electron chi connectivity index (χ0n) is 16.9. The lowest BCUT2D eigenvalue weighted by Crippen LogP contribution is -2.43. The molecule has 29 heavy (non-hydrogen) atoms. The van der Waals surface area contributed by atoms with Gasteiger partial charge in [0.1, 0.15) is 6.33 Å². The van der Waals surface area contributed by atoms with Crippen LogP contribution in [0.25, 0.3) is 0 Å². The molecule has 2 amide bonds. The van der Waals surface area contributed by atoms with E-state index in [-0.39, 0.29) is 23.8 Å². The maximum atomic E-state index is 11.9. The summed E-state index contributed by atoms with van der Waals surface area (Å²) in [5.41, 5.74) is 8.88. The van der Waals surface area contributed by atoms with Gasteiger partial charge in [-0.05, 0) is 38.5 Å². The van der Waals surface area contributed by atoms with Crippen LogP contribution in [0, 0.1) is 0 Å². The van der Waals surface area contributed by atoms with Crippen LogP contribution in [0.4, 0.5) is 0 Å². The zero-order valence-corrected chi connectivity index (χ0v) is 17.7. The minimum Gasteiger partial charge on any atom is -0.493 e. The molecule has 1 aromatic carbocycles. The van der Waals surface area contributed by atoms with Crippen LogP contribution >= 0.6 is 11.8 Å². The van der Waals surface area contributed by atoms with Crippen LogP contribution < -0.4 is 25.9 Å². The Bertz CT molecular complexity index is 849. The minimum atomic E-state index is -0.430. The second-order valence-electron chi connectivity index (χ2n) is 7.15. The van der Waals surface area contributed by atoms with Crippen LogP contribution in [0.5, 0.6) is 11.5 Å². The molecule has 0 atom stereocenters. The number of nitrogens with one attached hydrogen (secondary N) is 2. The van der Waals surface area contributed by atoms with E-state index in [4.69, 9.17) is 15.2 Å². The summed E-state index contributed by atoms with van der Waals surface area (Å²) in [6.45, 7) is 6.05. The second kappa shape index (κ2) is 10.0. The number of ether oxygens (including phenoxy) is 2. The molecule has 2 aromatic rings. The van der Waals surface area contributed by atoms with Crippen LogP contribution in [0.15, 0.2) is 29.7 Å². The number of carbonyl (C=O) groups is 2. The summed E-state index contributed by atoms with van der Waals surface area (Å²) in [5.74, 6) is 0.463. The van der Waals surface area contributed by atoms with Crippen molar-refractivity contribution in [1.29, 1.82) is 0 Å². The molecule has 4 N–H and O–H groups in total. The normalized spacial score (nSPS) is 11.0. The van der Waals surface area contributed by atoms with Gasteiger partial charge in [0.2, 0.25) is 11.1 Å². The molecule has 0 aliphatic rings. The fourth-order valence-electron chi connectivity index (χ4n) is 2.28. The van der Waals surface area contributed by atoms with Gasteiger partial charge in [0.05, 0.1) is 19.4 Å². The Morgan fingerprint density at radius 1 is 1.28 bits per heavy atom. The molecule has 0 saturated heterocycles. The van der Waals surface area contributed by atoms with E-state index < -0.39 is 5.91 Å². The van der Waals surface area contributed by atoms with Gasteiger partial charge >= 0.3 is 0 Å². The average Bonchev–Trinajstić information content (AvgIpc) is 3.09. The van der Waals surface area contributed by atoms with E-state index in [9.17, 15) is 9.59 Å². The highest BCUT2D eigenvalue weighted by Crippen LogP contribution is 2.28. The van der Waals surface area contributed by atoms with Gasteiger partial charge in [0.15, 0.2) is 18.1 Å². The third kappa shape index (κ3) is 7.53. The van der Waals surface area contributed by atoms with Crippen LogP contribution in [0.3, 0.4) is 0 Å². The lowest BCUT2D eigenvalue weighted by Gasteiger charge is -2.20. The van der Waals surface area contributed by atoms with Gasteiger partial charge in [-0.15, -0.1) is 10.2 Å². The summed E-state index contributed by atoms with van der Waals surface area (Å²) in [7, 11) is 1.53. The molecular weight excluding hydrogens is 396 g/mol. The first-order chi connectivity index (χ1) is 13.7. The first kappa shape index (κ1) is 22.3. The number of primary amides is 1. The number of thioether (sulfide) groups is 1. The van der Waals surface area contributed by atoms with Crippen molar-refractivity contribution in [2.24, 2.45) is 5.73 Å².